The predicted molar refractivity (Wildman–Crippen MR) is 70.3 cm³/mol. The number of ether oxygens (including phenoxy) is 1. The monoisotopic (exact) mass is 260 g/mol. The Morgan fingerprint density at radius 1 is 1.42 bits per heavy atom. The van der Waals surface area contributed by atoms with Gasteiger partial charge in [-0.2, -0.15) is 5.26 Å². The average molecular weight is 260 g/mol. The van der Waals surface area contributed by atoms with Crippen molar-refractivity contribution in [3.8, 4) is 6.07 Å². The van der Waals surface area contributed by atoms with E-state index >= 15 is 0 Å². The predicted octanol–water partition coefficient (Wildman–Crippen LogP) is 3.21. The molecule has 1 N–H and O–H groups in total. The molecule has 2 aliphatic rings. The molecule has 4 heteroatoms. The zero-order valence-electron chi connectivity index (χ0n) is 10.8. The van der Waals surface area contributed by atoms with Crippen LogP contribution in [0.3, 0.4) is 0 Å². The van der Waals surface area contributed by atoms with Gasteiger partial charge in [0.15, 0.2) is 0 Å². The topological polar surface area (TPSA) is 45.0 Å². The van der Waals surface area contributed by atoms with Crippen molar-refractivity contribution in [2.24, 2.45) is 0 Å². The molecule has 1 aromatic rings. The van der Waals surface area contributed by atoms with Gasteiger partial charge in [0, 0.05) is 12.6 Å². The normalized spacial score (nSPS) is 24.5. The van der Waals surface area contributed by atoms with E-state index in [2.05, 4.69) is 5.32 Å². The Morgan fingerprint density at radius 2 is 2.26 bits per heavy atom. The highest BCUT2D eigenvalue weighted by atomic mass is 19.1. The number of rotatable bonds is 2. The first-order chi connectivity index (χ1) is 9.22. The fourth-order valence-corrected chi connectivity index (χ4v) is 3.05. The highest BCUT2D eigenvalue weighted by Crippen LogP contribution is 2.43. The van der Waals surface area contributed by atoms with Gasteiger partial charge in [-0.3, -0.25) is 0 Å². The minimum Gasteiger partial charge on any atom is -0.381 e. The molecule has 19 heavy (non-hydrogen) atoms. The van der Waals surface area contributed by atoms with Gasteiger partial charge >= 0.3 is 0 Å². The van der Waals surface area contributed by atoms with Crippen LogP contribution in [0.1, 0.15) is 37.7 Å². The molecule has 0 amide bonds. The van der Waals surface area contributed by atoms with Crippen LogP contribution in [0.15, 0.2) is 18.2 Å². The number of anilines is 1. The van der Waals surface area contributed by atoms with Crippen LogP contribution >= 0.6 is 0 Å². The van der Waals surface area contributed by atoms with E-state index in [1.165, 1.54) is 12.5 Å². The van der Waals surface area contributed by atoms with E-state index in [1.54, 1.807) is 12.1 Å². The van der Waals surface area contributed by atoms with Crippen LogP contribution in [-0.2, 0) is 4.74 Å². The van der Waals surface area contributed by atoms with Crippen molar-refractivity contribution in [1.29, 1.82) is 5.26 Å². The molecule has 0 radical (unpaired) electrons. The first-order valence-electron chi connectivity index (χ1n) is 6.82. The van der Waals surface area contributed by atoms with Gasteiger partial charge in [0.25, 0.3) is 0 Å². The van der Waals surface area contributed by atoms with Gasteiger partial charge in [-0.15, -0.1) is 0 Å². The lowest BCUT2D eigenvalue weighted by Gasteiger charge is -2.47. The SMILES string of the molecule is N#Cc1c(F)cccc1NC1CCOC2(CCC2)C1. The van der Waals surface area contributed by atoms with Gasteiger partial charge in [0.1, 0.15) is 17.4 Å². The summed E-state index contributed by atoms with van der Waals surface area (Å²) in [5.41, 5.74) is 0.760. The van der Waals surface area contributed by atoms with Crippen molar-refractivity contribution in [3.63, 3.8) is 0 Å². The molecule has 2 fully saturated rings. The summed E-state index contributed by atoms with van der Waals surface area (Å²) in [5.74, 6) is -0.460. The van der Waals surface area contributed by atoms with Crippen LogP contribution in [0, 0.1) is 17.1 Å². The van der Waals surface area contributed by atoms with E-state index in [0.717, 1.165) is 32.3 Å². The minimum atomic E-state index is -0.460. The van der Waals surface area contributed by atoms with E-state index in [0.29, 0.717) is 5.69 Å². The van der Waals surface area contributed by atoms with Gasteiger partial charge in [-0.25, -0.2) is 4.39 Å². The highest BCUT2D eigenvalue weighted by Gasteiger charge is 2.42. The van der Waals surface area contributed by atoms with Crippen molar-refractivity contribution in [2.75, 3.05) is 11.9 Å². The standard InChI is InChI=1S/C15H17FN2O/c16-13-3-1-4-14(12(13)10-17)18-11-5-8-19-15(9-11)6-2-7-15/h1,3-4,11,18H,2,5-9H2. The van der Waals surface area contributed by atoms with Gasteiger partial charge in [0.05, 0.1) is 11.3 Å². The molecule has 0 bridgehead atoms. The van der Waals surface area contributed by atoms with Crippen molar-refractivity contribution in [3.05, 3.63) is 29.6 Å². The number of benzene rings is 1. The number of halogens is 1. The van der Waals surface area contributed by atoms with Crippen molar-refractivity contribution >= 4 is 5.69 Å². The van der Waals surface area contributed by atoms with Crippen LogP contribution in [0.2, 0.25) is 0 Å². The van der Waals surface area contributed by atoms with E-state index < -0.39 is 5.82 Å². The lowest BCUT2D eigenvalue weighted by Crippen LogP contribution is -2.49. The Balaban J connectivity index is 1.75. The molecular formula is C15H17FN2O. The van der Waals surface area contributed by atoms with Crippen molar-refractivity contribution in [2.45, 2.75) is 43.7 Å². The molecule has 1 spiro atoms. The smallest absolute Gasteiger partial charge is 0.143 e. The second kappa shape index (κ2) is 4.82. The fourth-order valence-electron chi connectivity index (χ4n) is 3.05. The molecule has 1 saturated carbocycles. The van der Waals surface area contributed by atoms with Crippen molar-refractivity contribution < 1.29 is 9.13 Å². The first kappa shape index (κ1) is 12.4. The summed E-state index contributed by atoms with van der Waals surface area (Å²) in [4.78, 5) is 0. The Kier molecular flexibility index (Phi) is 3.16. The summed E-state index contributed by atoms with van der Waals surface area (Å²) >= 11 is 0. The lowest BCUT2D eigenvalue weighted by molar-refractivity contribution is -0.130. The van der Waals surface area contributed by atoms with E-state index in [4.69, 9.17) is 10.00 Å². The number of nitrogens with zero attached hydrogens (tertiary/aromatic N) is 1. The molecule has 0 aromatic heterocycles. The highest BCUT2D eigenvalue weighted by molar-refractivity contribution is 5.58. The molecule has 3 nitrogen and oxygen atoms in total. The van der Waals surface area contributed by atoms with Crippen LogP contribution < -0.4 is 5.32 Å². The van der Waals surface area contributed by atoms with Gasteiger partial charge in [-0.1, -0.05) is 6.07 Å². The third-order valence-electron chi connectivity index (χ3n) is 4.24. The lowest BCUT2D eigenvalue weighted by atomic mass is 9.74. The van der Waals surface area contributed by atoms with Crippen LogP contribution in [0.5, 0.6) is 0 Å². The molecule has 100 valence electrons. The first-order valence-corrected chi connectivity index (χ1v) is 6.82. The molecule has 1 saturated heterocycles. The summed E-state index contributed by atoms with van der Waals surface area (Å²) in [6.07, 6.45) is 5.34. The molecule has 3 rings (SSSR count). The molecule has 1 atom stereocenters. The van der Waals surface area contributed by atoms with Gasteiger partial charge in [-0.05, 0) is 44.2 Å². The van der Waals surface area contributed by atoms with Crippen LogP contribution in [-0.4, -0.2) is 18.2 Å². The maximum Gasteiger partial charge on any atom is 0.143 e. The quantitative estimate of drug-likeness (QED) is 0.888. The third-order valence-corrected chi connectivity index (χ3v) is 4.24. The van der Waals surface area contributed by atoms with E-state index in [-0.39, 0.29) is 17.2 Å². The molecular weight excluding hydrogens is 243 g/mol. The second-order valence-electron chi connectivity index (χ2n) is 5.49. The molecule has 1 aliphatic heterocycles. The van der Waals surface area contributed by atoms with Gasteiger partial charge < -0.3 is 10.1 Å². The minimum absolute atomic E-state index is 0.0516. The second-order valence-corrected chi connectivity index (χ2v) is 5.49. The number of hydrogen-bond donors (Lipinski definition) is 1. The van der Waals surface area contributed by atoms with Crippen LogP contribution in [0.4, 0.5) is 10.1 Å². The number of hydrogen-bond acceptors (Lipinski definition) is 3. The molecule has 1 aliphatic carbocycles. The van der Waals surface area contributed by atoms with E-state index in [1.807, 2.05) is 6.07 Å². The van der Waals surface area contributed by atoms with Crippen LogP contribution in [0.25, 0.3) is 0 Å². The maximum absolute atomic E-state index is 13.5. The number of nitriles is 1. The average Bonchev–Trinajstić information content (AvgIpc) is 2.38. The van der Waals surface area contributed by atoms with Gasteiger partial charge in [0.2, 0.25) is 0 Å². The zero-order valence-corrected chi connectivity index (χ0v) is 10.8. The Labute approximate surface area is 112 Å². The summed E-state index contributed by atoms with van der Waals surface area (Å²) in [7, 11) is 0. The largest absolute Gasteiger partial charge is 0.381 e. The molecule has 1 aromatic carbocycles. The number of nitrogens with one attached hydrogen (secondary N) is 1. The fraction of sp³-hybridized carbons (Fsp3) is 0.533. The summed E-state index contributed by atoms with van der Waals surface area (Å²) in [6, 6.07) is 6.92. The molecule has 1 unspecified atom stereocenters. The third kappa shape index (κ3) is 2.31. The Bertz CT molecular complexity index is 519. The molecule has 1 heterocycles. The Morgan fingerprint density at radius 3 is 2.95 bits per heavy atom. The summed E-state index contributed by atoms with van der Waals surface area (Å²) in [6.45, 7) is 0.745. The maximum atomic E-state index is 13.5. The van der Waals surface area contributed by atoms with Crippen molar-refractivity contribution in [1.82, 2.24) is 0 Å². The van der Waals surface area contributed by atoms with E-state index in [9.17, 15) is 4.39 Å². The zero-order chi connectivity index (χ0) is 13.3. The Hall–Kier alpha value is -1.60. The summed E-state index contributed by atoms with van der Waals surface area (Å²) < 4.78 is 19.4. The summed E-state index contributed by atoms with van der Waals surface area (Å²) in [5, 5.41) is 12.4.